The third kappa shape index (κ3) is 1.22. The van der Waals surface area contributed by atoms with E-state index in [9.17, 15) is 13.2 Å². The zero-order valence-corrected chi connectivity index (χ0v) is 10.5. The van der Waals surface area contributed by atoms with Crippen molar-refractivity contribution in [2.75, 3.05) is 0 Å². The van der Waals surface area contributed by atoms with Gasteiger partial charge in [0.15, 0.2) is 5.69 Å². The van der Waals surface area contributed by atoms with Gasteiger partial charge in [-0.15, -0.1) is 5.10 Å². The van der Waals surface area contributed by atoms with E-state index in [1.165, 1.54) is 6.07 Å². The molecule has 18 heavy (non-hydrogen) atoms. The molecule has 2 heterocycles. The van der Waals surface area contributed by atoms with Crippen LogP contribution in [0.5, 0.6) is 0 Å². The molecule has 0 bridgehead atoms. The molecule has 0 saturated heterocycles. The molecule has 2 aromatic rings. The minimum Gasteiger partial charge on any atom is -0.287 e. The number of hydrogen-bond donors (Lipinski definition) is 1. The largest absolute Gasteiger partial charge is 0.287 e. The SMILES string of the molecule is Cc1cc2c(cc1C)S(=O)(=O)c1n[nH]nc1C2=O. The van der Waals surface area contributed by atoms with E-state index in [2.05, 4.69) is 15.4 Å². The number of benzene rings is 1. The number of rotatable bonds is 0. The highest BCUT2D eigenvalue weighted by Crippen LogP contribution is 2.33. The Labute approximate surface area is 103 Å². The zero-order chi connectivity index (χ0) is 13.1. The van der Waals surface area contributed by atoms with Crippen LogP contribution >= 0.6 is 0 Å². The Balaban J connectivity index is 2.46. The average molecular weight is 263 g/mol. The van der Waals surface area contributed by atoms with Gasteiger partial charge in [0.2, 0.25) is 20.6 Å². The molecule has 0 radical (unpaired) electrons. The number of nitrogens with one attached hydrogen (secondary N) is 1. The summed E-state index contributed by atoms with van der Waals surface area (Å²) in [5.74, 6) is -0.410. The number of fused-ring (bicyclic) bond motifs is 2. The molecule has 0 fully saturated rings. The van der Waals surface area contributed by atoms with Crippen LogP contribution in [-0.2, 0) is 9.84 Å². The van der Waals surface area contributed by atoms with Gasteiger partial charge in [-0.25, -0.2) is 8.42 Å². The second kappa shape index (κ2) is 3.26. The van der Waals surface area contributed by atoms with Crippen LogP contribution in [0.1, 0.15) is 27.2 Å². The highest BCUT2D eigenvalue weighted by molar-refractivity contribution is 7.91. The standard InChI is InChI=1S/C11H9N3O3S/c1-5-3-7-8(4-6(5)2)18(16,17)11-9(10(7)15)12-14-13-11/h3-4H,1-2H3,(H,12,13,14). The molecular formula is C11H9N3O3S. The Kier molecular flexibility index (Phi) is 2.01. The van der Waals surface area contributed by atoms with E-state index in [0.717, 1.165) is 11.1 Å². The molecule has 3 rings (SSSR count). The third-order valence-corrected chi connectivity index (χ3v) is 4.83. The Bertz CT molecular complexity index is 790. The molecule has 0 unspecified atom stereocenters. The minimum absolute atomic E-state index is 0.0111. The summed E-state index contributed by atoms with van der Waals surface area (Å²) in [7, 11) is -3.76. The van der Waals surface area contributed by atoms with Crippen LogP contribution < -0.4 is 0 Å². The Morgan fingerprint density at radius 3 is 2.50 bits per heavy atom. The molecule has 0 aliphatic carbocycles. The van der Waals surface area contributed by atoms with Crippen LogP contribution in [0.25, 0.3) is 0 Å². The normalized spacial score (nSPS) is 16.2. The van der Waals surface area contributed by atoms with Gasteiger partial charge >= 0.3 is 0 Å². The van der Waals surface area contributed by atoms with Crippen molar-refractivity contribution in [2.24, 2.45) is 0 Å². The third-order valence-electron chi connectivity index (χ3n) is 3.12. The van der Waals surface area contributed by atoms with Crippen molar-refractivity contribution >= 4 is 15.6 Å². The first kappa shape index (κ1) is 11.1. The lowest BCUT2D eigenvalue weighted by Gasteiger charge is -2.15. The van der Waals surface area contributed by atoms with E-state index in [4.69, 9.17) is 0 Å². The van der Waals surface area contributed by atoms with E-state index in [0.29, 0.717) is 0 Å². The van der Waals surface area contributed by atoms with Crippen LogP contribution in [0.2, 0.25) is 0 Å². The van der Waals surface area contributed by atoms with E-state index < -0.39 is 15.6 Å². The van der Waals surface area contributed by atoms with Crippen LogP contribution in [0.15, 0.2) is 22.1 Å². The van der Waals surface area contributed by atoms with Crippen LogP contribution in [0.3, 0.4) is 0 Å². The van der Waals surface area contributed by atoms with Gasteiger partial charge < -0.3 is 0 Å². The quantitative estimate of drug-likeness (QED) is 0.647. The predicted octanol–water partition coefficient (Wildman–Crippen LogP) is 0.799. The second-order valence-electron chi connectivity index (χ2n) is 4.24. The highest BCUT2D eigenvalue weighted by atomic mass is 32.2. The molecule has 7 heteroatoms. The smallest absolute Gasteiger partial charge is 0.228 e. The molecule has 6 nitrogen and oxygen atoms in total. The molecule has 1 N–H and O–H groups in total. The number of aryl methyl sites for hydroxylation is 2. The van der Waals surface area contributed by atoms with Crippen molar-refractivity contribution in [1.82, 2.24) is 15.4 Å². The number of sulfone groups is 1. The summed E-state index contributed by atoms with van der Waals surface area (Å²) in [6.45, 7) is 3.63. The summed E-state index contributed by atoms with van der Waals surface area (Å²) in [5, 5.41) is 9.09. The molecular weight excluding hydrogens is 254 g/mol. The van der Waals surface area contributed by atoms with Crippen molar-refractivity contribution in [2.45, 2.75) is 23.8 Å². The second-order valence-corrected chi connectivity index (χ2v) is 6.08. The number of nitrogens with zero attached hydrogens (tertiary/aromatic N) is 2. The Morgan fingerprint density at radius 2 is 1.78 bits per heavy atom. The molecule has 1 aromatic heterocycles. The predicted molar refractivity (Wildman–Crippen MR) is 61.2 cm³/mol. The minimum atomic E-state index is -3.76. The van der Waals surface area contributed by atoms with Gasteiger partial charge in [-0.2, -0.15) is 10.3 Å². The number of hydrogen-bond acceptors (Lipinski definition) is 5. The molecule has 1 aliphatic heterocycles. The summed E-state index contributed by atoms with van der Waals surface area (Å²) in [6, 6.07) is 3.09. The van der Waals surface area contributed by atoms with Crippen molar-refractivity contribution in [1.29, 1.82) is 0 Å². The lowest BCUT2D eigenvalue weighted by Crippen LogP contribution is -2.20. The molecule has 0 spiro atoms. The summed E-state index contributed by atoms with van der Waals surface area (Å²) < 4.78 is 24.6. The fourth-order valence-corrected chi connectivity index (χ4v) is 3.51. The first-order valence-electron chi connectivity index (χ1n) is 5.24. The maximum absolute atomic E-state index is 12.3. The van der Waals surface area contributed by atoms with Gasteiger partial charge in [0.05, 0.1) is 4.90 Å². The van der Waals surface area contributed by atoms with E-state index >= 15 is 0 Å². The Hall–Kier alpha value is -2.02. The summed E-state index contributed by atoms with van der Waals surface area (Å²) in [4.78, 5) is 12.1. The first-order valence-corrected chi connectivity index (χ1v) is 6.73. The van der Waals surface area contributed by atoms with E-state index in [1.54, 1.807) is 13.0 Å². The summed E-state index contributed by atoms with van der Waals surface area (Å²) in [6.07, 6.45) is 0. The molecule has 0 saturated carbocycles. The lowest BCUT2D eigenvalue weighted by molar-refractivity contribution is 0.102. The maximum atomic E-state index is 12.3. The zero-order valence-electron chi connectivity index (χ0n) is 9.68. The van der Waals surface area contributed by atoms with Gasteiger partial charge in [0.1, 0.15) is 0 Å². The molecule has 1 aliphatic rings. The molecule has 0 amide bonds. The van der Waals surface area contributed by atoms with Crippen molar-refractivity contribution in [3.05, 3.63) is 34.5 Å². The maximum Gasteiger partial charge on any atom is 0.228 e. The van der Waals surface area contributed by atoms with Crippen LogP contribution in [0.4, 0.5) is 0 Å². The van der Waals surface area contributed by atoms with Crippen LogP contribution in [0, 0.1) is 13.8 Å². The fourth-order valence-electron chi connectivity index (χ4n) is 1.98. The van der Waals surface area contributed by atoms with Gasteiger partial charge in [-0.1, -0.05) is 0 Å². The molecule has 92 valence electrons. The van der Waals surface area contributed by atoms with Gasteiger partial charge in [0, 0.05) is 5.56 Å². The number of H-pyrrole nitrogens is 1. The van der Waals surface area contributed by atoms with Crippen molar-refractivity contribution in [3.8, 4) is 0 Å². The average Bonchev–Trinajstić information content (AvgIpc) is 2.79. The van der Waals surface area contributed by atoms with Gasteiger partial charge in [0.25, 0.3) is 0 Å². The topological polar surface area (TPSA) is 92.8 Å². The summed E-state index contributed by atoms with van der Waals surface area (Å²) in [5.41, 5.74) is 1.71. The number of ketones is 1. The molecule has 1 aromatic carbocycles. The fraction of sp³-hybridized carbons (Fsp3) is 0.182. The van der Waals surface area contributed by atoms with Gasteiger partial charge in [-0.3, -0.25) is 4.79 Å². The van der Waals surface area contributed by atoms with Crippen LogP contribution in [-0.4, -0.2) is 29.6 Å². The van der Waals surface area contributed by atoms with E-state index in [1.807, 2.05) is 6.92 Å². The number of carbonyl (C=O) groups is 1. The lowest BCUT2D eigenvalue weighted by atomic mass is 10.0. The van der Waals surface area contributed by atoms with E-state index in [-0.39, 0.29) is 21.2 Å². The van der Waals surface area contributed by atoms with Gasteiger partial charge in [-0.05, 0) is 37.1 Å². The number of aromatic nitrogens is 3. The number of carbonyl (C=O) groups excluding carboxylic acids is 1. The summed E-state index contributed by atoms with van der Waals surface area (Å²) >= 11 is 0. The first-order chi connectivity index (χ1) is 8.43. The van der Waals surface area contributed by atoms with Crippen molar-refractivity contribution in [3.63, 3.8) is 0 Å². The monoisotopic (exact) mass is 263 g/mol. The number of aromatic amines is 1. The molecule has 0 atom stereocenters. The highest BCUT2D eigenvalue weighted by Gasteiger charge is 2.38. The van der Waals surface area contributed by atoms with Crippen molar-refractivity contribution < 1.29 is 13.2 Å². The Morgan fingerprint density at radius 1 is 1.11 bits per heavy atom.